The van der Waals surface area contributed by atoms with E-state index in [1.165, 1.54) is 58.3 Å². The quantitative estimate of drug-likeness (QED) is 0.423. The predicted octanol–water partition coefficient (Wildman–Crippen LogP) is 6.65. The van der Waals surface area contributed by atoms with Crippen molar-refractivity contribution in [3.05, 3.63) is 81.7 Å². The number of hydrogen-bond donors (Lipinski definition) is 0. The fraction of sp³-hybridized carbons (Fsp3) is 0.448. The largest absolute Gasteiger partial charge is 0.295 e. The Bertz CT molecular complexity index is 1060. The van der Waals surface area contributed by atoms with Gasteiger partial charge in [0.25, 0.3) is 0 Å². The monoisotopic (exact) mass is 427 g/mol. The van der Waals surface area contributed by atoms with Gasteiger partial charge in [-0.05, 0) is 74.8 Å². The van der Waals surface area contributed by atoms with Crippen LogP contribution in [0, 0.1) is 6.92 Å². The highest BCUT2D eigenvalue weighted by Crippen LogP contribution is 2.35. The van der Waals surface area contributed by atoms with Crippen LogP contribution in [0.5, 0.6) is 0 Å². The molecule has 0 saturated carbocycles. The van der Waals surface area contributed by atoms with Crippen molar-refractivity contribution >= 4 is 0 Å². The molecule has 4 rings (SSSR count). The van der Waals surface area contributed by atoms with E-state index in [9.17, 15) is 0 Å². The summed E-state index contributed by atoms with van der Waals surface area (Å²) in [5.41, 5.74) is 10.6. The van der Waals surface area contributed by atoms with Crippen LogP contribution in [0.4, 0.5) is 0 Å². The van der Waals surface area contributed by atoms with Gasteiger partial charge in [0.05, 0.1) is 0 Å². The molecule has 1 atom stereocenters. The average molecular weight is 428 g/mol. The Morgan fingerprint density at radius 3 is 2.31 bits per heavy atom. The first-order valence-corrected chi connectivity index (χ1v) is 12.3. The average Bonchev–Trinajstić information content (AvgIpc) is 2.83. The standard InChI is InChI=1S/C29H37N3/c1-6-21-14-11-15-22(7-2)28(21)29-30-20(4)25(26(8-3)31-29)19-32(5)27-18-12-16-23-13-9-10-17-24(23)27/h9-11,13-15,17,27H,6-8,12,16,18-19H2,1-5H3. The van der Waals surface area contributed by atoms with Gasteiger partial charge >= 0.3 is 0 Å². The number of aromatic nitrogens is 2. The lowest BCUT2D eigenvalue weighted by molar-refractivity contribution is 0.212. The fourth-order valence-electron chi connectivity index (χ4n) is 5.34. The van der Waals surface area contributed by atoms with Crippen molar-refractivity contribution in [1.82, 2.24) is 14.9 Å². The Balaban J connectivity index is 1.69. The summed E-state index contributed by atoms with van der Waals surface area (Å²) < 4.78 is 0. The van der Waals surface area contributed by atoms with Crippen LogP contribution in [0.15, 0.2) is 42.5 Å². The summed E-state index contributed by atoms with van der Waals surface area (Å²) in [5.74, 6) is 0.906. The van der Waals surface area contributed by atoms with E-state index >= 15 is 0 Å². The lowest BCUT2D eigenvalue weighted by Gasteiger charge is -2.34. The maximum Gasteiger partial charge on any atom is 0.160 e. The van der Waals surface area contributed by atoms with E-state index in [4.69, 9.17) is 9.97 Å². The van der Waals surface area contributed by atoms with E-state index in [0.717, 1.165) is 37.3 Å². The van der Waals surface area contributed by atoms with Crippen LogP contribution >= 0.6 is 0 Å². The summed E-state index contributed by atoms with van der Waals surface area (Å²) in [5, 5.41) is 0. The maximum absolute atomic E-state index is 5.14. The maximum atomic E-state index is 5.14. The second-order valence-electron chi connectivity index (χ2n) is 9.09. The molecule has 168 valence electrons. The summed E-state index contributed by atoms with van der Waals surface area (Å²) in [6, 6.07) is 16.1. The van der Waals surface area contributed by atoms with E-state index in [0.29, 0.717) is 6.04 Å². The molecule has 1 aliphatic carbocycles. The predicted molar refractivity (Wildman–Crippen MR) is 134 cm³/mol. The Morgan fingerprint density at radius 2 is 1.62 bits per heavy atom. The zero-order valence-corrected chi connectivity index (χ0v) is 20.4. The first-order chi connectivity index (χ1) is 15.6. The lowest BCUT2D eigenvalue weighted by atomic mass is 9.87. The van der Waals surface area contributed by atoms with Gasteiger partial charge < -0.3 is 0 Å². The molecule has 2 aromatic carbocycles. The van der Waals surface area contributed by atoms with Gasteiger partial charge in [-0.3, -0.25) is 4.90 Å². The van der Waals surface area contributed by atoms with Crippen LogP contribution in [0.2, 0.25) is 0 Å². The Labute approximate surface area is 193 Å². The molecular formula is C29H37N3. The number of fused-ring (bicyclic) bond motifs is 1. The summed E-state index contributed by atoms with van der Waals surface area (Å²) in [7, 11) is 2.27. The van der Waals surface area contributed by atoms with Gasteiger partial charge in [-0.1, -0.05) is 63.2 Å². The van der Waals surface area contributed by atoms with Crippen molar-refractivity contribution in [2.24, 2.45) is 0 Å². The third-order valence-corrected chi connectivity index (χ3v) is 7.13. The van der Waals surface area contributed by atoms with Gasteiger partial charge in [0.2, 0.25) is 0 Å². The van der Waals surface area contributed by atoms with Crippen molar-refractivity contribution in [2.75, 3.05) is 7.05 Å². The molecule has 0 spiro atoms. The highest BCUT2D eigenvalue weighted by molar-refractivity contribution is 5.65. The molecule has 0 aliphatic heterocycles. The fourth-order valence-corrected chi connectivity index (χ4v) is 5.34. The molecule has 3 nitrogen and oxygen atoms in total. The third-order valence-electron chi connectivity index (χ3n) is 7.13. The number of benzene rings is 2. The Morgan fingerprint density at radius 1 is 0.906 bits per heavy atom. The zero-order chi connectivity index (χ0) is 22.7. The van der Waals surface area contributed by atoms with Crippen molar-refractivity contribution < 1.29 is 0 Å². The van der Waals surface area contributed by atoms with Gasteiger partial charge in [-0.25, -0.2) is 9.97 Å². The third kappa shape index (κ3) is 4.36. The summed E-state index contributed by atoms with van der Waals surface area (Å²) >= 11 is 0. The number of aryl methyl sites for hydroxylation is 5. The SMILES string of the molecule is CCc1cccc(CC)c1-c1nc(C)c(CN(C)C2CCCc3ccccc32)c(CC)n1. The first kappa shape index (κ1) is 22.7. The molecule has 1 heterocycles. The van der Waals surface area contributed by atoms with Gasteiger partial charge in [0.15, 0.2) is 5.82 Å². The molecule has 1 aromatic heterocycles. The van der Waals surface area contributed by atoms with E-state index in [2.05, 4.69) is 82.1 Å². The summed E-state index contributed by atoms with van der Waals surface area (Å²) in [4.78, 5) is 12.7. The zero-order valence-electron chi connectivity index (χ0n) is 20.4. The molecule has 1 unspecified atom stereocenters. The van der Waals surface area contributed by atoms with E-state index in [1.54, 1.807) is 0 Å². The minimum atomic E-state index is 0.469. The molecule has 0 saturated heterocycles. The Kier molecular flexibility index (Phi) is 7.05. The highest BCUT2D eigenvalue weighted by Gasteiger charge is 2.25. The normalized spacial score (nSPS) is 15.8. The topological polar surface area (TPSA) is 29.0 Å². The molecule has 32 heavy (non-hydrogen) atoms. The molecular weight excluding hydrogens is 390 g/mol. The van der Waals surface area contributed by atoms with Crippen molar-refractivity contribution in [2.45, 2.75) is 78.8 Å². The Hall–Kier alpha value is -2.52. The minimum Gasteiger partial charge on any atom is -0.295 e. The molecule has 0 amide bonds. The summed E-state index contributed by atoms with van der Waals surface area (Å²) in [6.45, 7) is 9.72. The molecule has 3 aromatic rings. The number of nitrogens with zero attached hydrogens (tertiary/aromatic N) is 3. The van der Waals surface area contributed by atoms with Gasteiger partial charge in [-0.2, -0.15) is 0 Å². The molecule has 0 bridgehead atoms. The molecule has 0 N–H and O–H groups in total. The van der Waals surface area contributed by atoms with Crippen molar-refractivity contribution in [3.8, 4) is 11.4 Å². The van der Waals surface area contributed by atoms with Crippen LogP contribution in [0.25, 0.3) is 11.4 Å². The molecule has 3 heteroatoms. The second kappa shape index (κ2) is 9.95. The molecule has 0 fully saturated rings. The molecule has 1 aliphatic rings. The van der Waals surface area contributed by atoms with E-state index < -0.39 is 0 Å². The van der Waals surface area contributed by atoms with Gasteiger partial charge in [0, 0.05) is 35.1 Å². The molecule has 0 radical (unpaired) electrons. The van der Waals surface area contributed by atoms with E-state index in [1.807, 2.05) is 0 Å². The van der Waals surface area contributed by atoms with Crippen LogP contribution in [-0.2, 0) is 32.2 Å². The smallest absolute Gasteiger partial charge is 0.160 e. The van der Waals surface area contributed by atoms with Crippen molar-refractivity contribution in [1.29, 1.82) is 0 Å². The van der Waals surface area contributed by atoms with Gasteiger partial charge in [0.1, 0.15) is 0 Å². The highest BCUT2D eigenvalue weighted by atomic mass is 15.1. The van der Waals surface area contributed by atoms with Crippen LogP contribution < -0.4 is 0 Å². The summed E-state index contributed by atoms with van der Waals surface area (Å²) in [6.07, 6.45) is 6.60. The van der Waals surface area contributed by atoms with Crippen LogP contribution in [-0.4, -0.2) is 21.9 Å². The first-order valence-electron chi connectivity index (χ1n) is 12.3. The van der Waals surface area contributed by atoms with Crippen LogP contribution in [0.3, 0.4) is 0 Å². The lowest BCUT2D eigenvalue weighted by Crippen LogP contribution is -2.28. The van der Waals surface area contributed by atoms with E-state index in [-0.39, 0.29) is 0 Å². The van der Waals surface area contributed by atoms with Crippen molar-refractivity contribution in [3.63, 3.8) is 0 Å². The minimum absolute atomic E-state index is 0.469. The van der Waals surface area contributed by atoms with Gasteiger partial charge in [-0.15, -0.1) is 0 Å². The second-order valence-corrected chi connectivity index (χ2v) is 9.09. The van der Waals surface area contributed by atoms with Crippen LogP contribution in [0.1, 0.15) is 78.9 Å². The number of rotatable bonds is 7. The number of hydrogen-bond acceptors (Lipinski definition) is 3.